The third-order valence-electron chi connectivity index (χ3n) is 3.89. The lowest BCUT2D eigenvalue weighted by atomic mass is 10.1. The van der Waals surface area contributed by atoms with E-state index in [0.717, 1.165) is 16.5 Å². The summed E-state index contributed by atoms with van der Waals surface area (Å²) in [6.07, 6.45) is 5.79. The van der Waals surface area contributed by atoms with E-state index in [1.165, 1.54) is 0 Å². The van der Waals surface area contributed by atoms with E-state index in [1.54, 1.807) is 0 Å². The zero-order valence-corrected chi connectivity index (χ0v) is 13.1. The standard InChI is InChI=1S/C17H20N4O/c1-12-9-19-21(11-12)13(2)10-18-17(22)15-5-4-14-6-7-20(3)16(14)8-15/h4-9,11,13H,10H2,1-3H3,(H,18,22)/t13-/m0/s1. The van der Waals surface area contributed by atoms with Crippen LogP contribution in [0.3, 0.4) is 0 Å². The largest absolute Gasteiger partial charge is 0.351 e. The van der Waals surface area contributed by atoms with Crippen molar-refractivity contribution in [1.82, 2.24) is 19.7 Å². The fraction of sp³-hybridized carbons (Fsp3) is 0.294. The highest BCUT2D eigenvalue weighted by molar-refractivity contribution is 5.98. The number of aryl methyl sites for hydroxylation is 2. The number of nitrogens with zero attached hydrogens (tertiary/aromatic N) is 3. The second-order valence-electron chi connectivity index (χ2n) is 5.76. The Hall–Kier alpha value is -2.56. The van der Waals surface area contributed by atoms with Crippen LogP contribution in [0.25, 0.3) is 10.9 Å². The molecule has 0 saturated heterocycles. The van der Waals surface area contributed by atoms with Crippen LogP contribution >= 0.6 is 0 Å². The van der Waals surface area contributed by atoms with Gasteiger partial charge in [-0.3, -0.25) is 9.48 Å². The second kappa shape index (κ2) is 5.67. The molecule has 0 radical (unpaired) electrons. The Bertz CT molecular complexity index is 815. The quantitative estimate of drug-likeness (QED) is 0.804. The van der Waals surface area contributed by atoms with Crippen molar-refractivity contribution in [3.8, 4) is 0 Å². The van der Waals surface area contributed by atoms with Crippen molar-refractivity contribution in [3.63, 3.8) is 0 Å². The summed E-state index contributed by atoms with van der Waals surface area (Å²) in [7, 11) is 1.98. The van der Waals surface area contributed by atoms with Crippen LogP contribution in [-0.4, -0.2) is 26.8 Å². The molecule has 1 amide bonds. The average Bonchev–Trinajstić information content (AvgIpc) is 3.11. The van der Waals surface area contributed by atoms with Crippen LogP contribution in [0.2, 0.25) is 0 Å². The molecule has 0 bridgehead atoms. The van der Waals surface area contributed by atoms with Gasteiger partial charge in [0, 0.05) is 37.1 Å². The minimum atomic E-state index is -0.0566. The van der Waals surface area contributed by atoms with Crippen molar-refractivity contribution in [1.29, 1.82) is 0 Å². The summed E-state index contributed by atoms with van der Waals surface area (Å²) in [5, 5.41) is 8.39. The Kier molecular flexibility index (Phi) is 3.71. The van der Waals surface area contributed by atoms with Crippen LogP contribution in [0.4, 0.5) is 0 Å². The van der Waals surface area contributed by atoms with Gasteiger partial charge in [-0.2, -0.15) is 5.10 Å². The lowest BCUT2D eigenvalue weighted by Crippen LogP contribution is -2.29. The van der Waals surface area contributed by atoms with Gasteiger partial charge in [0.25, 0.3) is 5.91 Å². The molecule has 2 aromatic heterocycles. The van der Waals surface area contributed by atoms with E-state index >= 15 is 0 Å². The summed E-state index contributed by atoms with van der Waals surface area (Å²) < 4.78 is 3.89. The van der Waals surface area contributed by atoms with Gasteiger partial charge >= 0.3 is 0 Å². The van der Waals surface area contributed by atoms with E-state index < -0.39 is 0 Å². The summed E-state index contributed by atoms with van der Waals surface area (Å²) in [4.78, 5) is 12.3. The van der Waals surface area contributed by atoms with Crippen LogP contribution in [0.5, 0.6) is 0 Å². The van der Waals surface area contributed by atoms with Gasteiger partial charge in [-0.05, 0) is 43.0 Å². The number of benzene rings is 1. The predicted molar refractivity (Wildman–Crippen MR) is 86.9 cm³/mol. The Labute approximate surface area is 129 Å². The highest BCUT2D eigenvalue weighted by Gasteiger charge is 2.11. The monoisotopic (exact) mass is 296 g/mol. The van der Waals surface area contributed by atoms with Gasteiger partial charge in [-0.1, -0.05) is 6.07 Å². The molecule has 114 valence electrons. The first-order chi connectivity index (χ1) is 10.5. The smallest absolute Gasteiger partial charge is 0.251 e. The van der Waals surface area contributed by atoms with Gasteiger partial charge in [0.2, 0.25) is 0 Å². The van der Waals surface area contributed by atoms with Gasteiger partial charge in [-0.15, -0.1) is 0 Å². The van der Waals surface area contributed by atoms with E-state index in [4.69, 9.17) is 0 Å². The summed E-state index contributed by atoms with van der Waals surface area (Å²) in [6, 6.07) is 7.92. The first-order valence-electron chi connectivity index (χ1n) is 7.38. The Morgan fingerprint density at radius 3 is 2.91 bits per heavy atom. The number of fused-ring (bicyclic) bond motifs is 1. The van der Waals surface area contributed by atoms with Gasteiger partial charge in [0.15, 0.2) is 0 Å². The average molecular weight is 296 g/mol. The molecule has 2 heterocycles. The maximum absolute atomic E-state index is 12.3. The molecule has 0 unspecified atom stereocenters. The first kappa shape index (κ1) is 14.4. The van der Waals surface area contributed by atoms with E-state index in [0.29, 0.717) is 12.1 Å². The molecule has 0 aliphatic carbocycles. The van der Waals surface area contributed by atoms with E-state index in [2.05, 4.69) is 10.4 Å². The highest BCUT2D eigenvalue weighted by atomic mass is 16.1. The van der Waals surface area contributed by atoms with E-state index in [-0.39, 0.29) is 11.9 Å². The SMILES string of the molecule is Cc1cnn([C@@H](C)CNC(=O)c2ccc3ccn(C)c3c2)c1. The van der Waals surface area contributed by atoms with Crippen molar-refractivity contribution in [2.75, 3.05) is 6.54 Å². The predicted octanol–water partition coefficient (Wildman–Crippen LogP) is 2.67. The molecule has 22 heavy (non-hydrogen) atoms. The highest BCUT2D eigenvalue weighted by Crippen LogP contribution is 2.16. The lowest BCUT2D eigenvalue weighted by molar-refractivity contribution is 0.0948. The van der Waals surface area contributed by atoms with Gasteiger partial charge in [0.1, 0.15) is 0 Å². The Morgan fingerprint density at radius 1 is 1.36 bits per heavy atom. The van der Waals surface area contributed by atoms with Crippen LogP contribution in [0, 0.1) is 6.92 Å². The van der Waals surface area contributed by atoms with Gasteiger partial charge < -0.3 is 9.88 Å². The molecule has 5 nitrogen and oxygen atoms in total. The number of rotatable bonds is 4. The summed E-state index contributed by atoms with van der Waals surface area (Å²) in [6.45, 7) is 4.59. The Morgan fingerprint density at radius 2 is 2.18 bits per heavy atom. The number of amides is 1. The summed E-state index contributed by atoms with van der Waals surface area (Å²) in [5.74, 6) is -0.0566. The lowest BCUT2D eigenvalue weighted by Gasteiger charge is -2.13. The zero-order chi connectivity index (χ0) is 15.7. The van der Waals surface area contributed by atoms with Crippen molar-refractivity contribution in [3.05, 3.63) is 54.0 Å². The van der Waals surface area contributed by atoms with Crippen molar-refractivity contribution >= 4 is 16.8 Å². The number of nitrogens with one attached hydrogen (secondary N) is 1. The topological polar surface area (TPSA) is 51.9 Å². The molecule has 1 N–H and O–H groups in total. The van der Waals surface area contributed by atoms with Crippen molar-refractivity contribution < 1.29 is 4.79 Å². The van der Waals surface area contributed by atoms with Crippen LogP contribution < -0.4 is 5.32 Å². The van der Waals surface area contributed by atoms with Crippen LogP contribution in [-0.2, 0) is 7.05 Å². The molecule has 0 fully saturated rings. The van der Waals surface area contributed by atoms with Gasteiger partial charge in [0.05, 0.1) is 12.2 Å². The molecule has 1 atom stereocenters. The summed E-state index contributed by atoms with van der Waals surface area (Å²) >= 11 is 0. The molecule has 1 aromatic carbocycles. The van der Waals surface area contributed by atoms with Crippen molar-refractivity contribution in [2.45, 2.75) is 19.9 Å². The minimum absolute atomic E-state index is 0.0566. The maximum atomic E-state index is 12.3. The summed E-state index contributed by atoms with van der Waals surface area (Å²) in [5.41, 5.74) is 2.86. The number of aromatic nitrogens is 3. The molecule has 0 spiro atoms. The molecular weight excluding hydrogens is 276 g/mol. The fourth-order valence-corrected chi connectivity index (χ4v) is 2.51. The number of carbonyl (C=O) groups is 1. The first-order valence-corrected chi connectivity index (χ1v) is 7.38. The third kappa shape index (κ3) is 2.74. The van der Waals surface area contributed by atoms with E-state index in [9.17, 15) is 4.79 Å². The molecule has 0 aliphatic rings. The van der Waals surface area contributed by atoms with Crippen LogP contribution in [0.1, 0.15) is 28.9 Å². The number of hydrogen-bond donors (Lipinski definition) is 1. The molecule has 0 saturated carbocycles. The molecule has 5 heteroatoms. The maximum Gasteiger partial charge on any atom is 0.251 e. The molecule has 3 rings (SSSR count). The van der Waals surface area contributed by atoms with E-state index in [1.807, 2.05) is 73.0 Å². The minimum Gasteiger partial charge on any atom is -0.351 e. The zero-order valence-electron chi connectivity index (χ0n) is 13.1. The fourth-order valence-electron chi connectivity index (χ4n) is 2.51. The molecule has 0 aliphatic heterocycles. The number of hydrogen-bond acceptors (Lipinski definition) is 2. The third-order valence-corrected chi connectivity index (χ3v) is 3.89. The normalized spacial score (nSPS) is 12.5. The van der Waals surface area contributed by atoms with Crippen LogP contribution in [0.15, 0.2) is 42.9 Å². The Balaban J connectivity index is 1.69. The second-order valence-corrected chi connectivity index (χ2v) is 5.76. The number of carbonyl (C=O) groups excluding carboxylic acids is 1. The molecule has 3 aromatic rings. The van der Waals surface area contributed by atoms with Gasteiger partial charge in [-0.25, -0.2) is 0 Å². The molecular formula is C17H20N4O. The van der Waals surface area contributed by atoms with Crippen molar-refractivity contribution in [2.24, 2.45) is 7.05 Å².